The van der Waals surface area contributed by atoms with Gasteiger partial charge >= 0.3 is 6.18 Å². The van der Waals surface area contributed by atoms with Gasteiger partial charge in [-0.15, -0.1) is 0 Å². The molecule has 1 aromatic heterocycles. The Hall–Kier alpha value is -1.50. The standard InChI is InChI=1S/C12H17F3N4/c13-12(14,15)9-7-10(16)18-11(8-9)17-3-6-19-4-1-2-5-19/h7-8H,1-6H2,(H3,16,17,18). The molecular formula is C12H17F3N4. The molecule has 0 aromatic carbocycles. The van der Waals surface area contributed by atoms with Gasteiger partial charge in [-0.3, -0.25) is 0 Å². The number of rotatable bonds is 4. The number of halogens is 3. The van der Waals surface area contributed by atoms with Crippen LogP contribution in [0.2, 0.25) is 0 Å². The smallest absolute Gasteiger partial charge is 0.384 e. The Bertz CT molecular complexity index is 427. The van der Waals surface area contributed by atoms with Crippen LogP contribution in [-0.4, -0.2) is 36.1 Å². The van der Waals surface area contributed by atoms with E-state index in [-0.39, 0.29) is 11.6 Å². The zero-order chi connectivity index (χ0) is 13.9. The van der Waals surface area contributed by atoms with Crippen molar-refractivity contribution in [2.75, 3.05) is 37.2 Å². The van der Waals surface area contributed by atoms with Gasteiger partial charge in [0.2, 0.25) is 0 Å². The lowest BCUT2D eigenvalue weighted by Crippen LogP contribution is -2.26. The van der Waals surface area contributed by atoms with Crippen molar-refractivity contribution in [3.63, 3.8) is 0 Å². The minimum absolute atomic E-state index is 0.126. The van der Waals surface area contributed by atoms with Crippen molar-refractivity contribution in [1.29, 1.82) is 0 Å². The van der Waals surface area contributed by atoms with Crippen molar-refractivity contribution in [2.24, 2.45) is 0 Å². The number of hydrogen-bond donors (Lipinski definition) is 2. The van der Waals surface area contributed by atoms with E-state index >= 15 is 0 Å². The lowest BCUT2D eigenvalue weighted by molar-refractivity contribution is -0.137. The third-order valence-electron chi connectivity index (χ3n) is 3.11. The Balaban J connectivity index is 1.94. The molecule has 3 N–H and O–H groups in total. The molecule has 106 valence electrons. The minimum atomic E-state index is -4.40. The maximum absolute atomic E-state index is 12.6. The predicted octanol–water partition coefficient (Wildman–Crippen LogP) is 2.19. The highest BCUT2D eigenvalue weighted by molar-refractivity contribution is 5.47. The highest BCUT2D eigenvalue weighted by atomic mass is 19.4. The van der Waals surface area contributed by atoms with E-state index in [1.54, 1.807) is 0 Å². The van der Waals surface area contributed by atoms with Crippen molar-refractivity contribution in [2.45, 2.75) is 19.0 Å². The molecule has 4 nitrogen and oxygen atoms in total. The van der Waals surface area contributed by atoms with Crippen LogP contribution in [0.25, 0.3) is 0 Å². The summed E-state index contributed by atoms with van der Waals surface area (Å²) in [5.74, 6) is 0.0463. The number of nitrogens with one attached hydrogen (secondary N) is 1. The van der Waals surface area contributed by atoms with Crippen LogP contribution in [0.1, 0.15) is 18.4 Å². The molecular weight excluding hydrogens is 257 g/mol. The molecule has 0 aliphatic carbocycles. The molecule has 0 spiro atoms. The van der Waals surface area contributed by atoms with Crippen LogP contribution in [0.15, 0.2) is 12.1 Å². The average molecular weight is 274 g/mol. The molecule has 1 fully saturated rings. The molecule has 1 aliphatic rings. The van der Waals surface area contributed by atoms with Crippen molar-refractivity contribution in [3.05, 3.63) is 17.7 Å². The quantitative estimate of drug-likeness (QED) is 0.883. The first-order valence-corrected chi connectivity index (χ1v) is 6.26. The van der Waals surface area contributed by atoms with Crippen molar-refractivity contribution >= 4 is 11.6 Å². The maximum atomic E-state index is 12.6. The summed E-state index contributed by atoms with van der Waals surface area (Å²) in [6.45, 7) is 3.48. The summed E-state index contributed by atoms with van der Waals surface area (Å²) in [6, 6.07) is 1.83. The van der Waals surface area contributed by atoms with Gasteiger partial charge in [0.1, 0.15) is 11.6 Å². The second-order valence-electron chi connectivity index (χ2n) is 4.64. The second-order valence-corrected chi connectivity index (χ2v) is 4.64. The van der Waals surface area contributed by atoms with Crippen LogP contribution in [0, 0.1) is 0 Å². The molecule has 0 radical (unpaired) electrons. The first kappa shape index (κ1) is 13.9. The van der Waals surface area contributed by atoms with Gasteiger partial charge in [-0.1, -0.05) is 0 Å². The number of nitrogens with zero attached hydrogens (tertiary/aromatic N) is 2. The van der Waals surface area contributed by atoms with Gasteiger partial charge in [-0.25, -0.2) is 4.98 Å². The fourth-order valence-corrected chi connectivity index (χ4v) is 2.15. The van der Waals surface area contributed by atoms with Crippen LogP contribution >= 0.6 is 0 Å². The Morgan fingerprint density at radius 3 is 2.58 bits per heavy atom. The SMILES string of the molecule is Nc1cc(C(F)(F)F)cc(NCCN2CCCC2)n1. The molecule has 0 saturated carbocycles. The fourth-order valence-electron chi connectivity index (χ4n) is 2.15. The van der Waals surface area contributed by atoms with E-state index in [1.807, 2.05) is 0 Å². The highest BCUT2D eigenvalue weighted by Crippen LogP contribution is 2.31. The van der Waals surface area contributed by atoms with Crippen molar-refractivity contribution in [1.82, 2.24) is 9.88 Å². The molecule has 1 aliphatic heterocycles. The lowest BCUT2D eigenvalue weighted by atomic mass is 10.2. The zero-order valence-corrected chi connectivity index (χ0v) is 10.5. The molecule has 2 rings (SSSR count). The highest BCUT2D eigenvalue weighted by Gasteiger charge is 2.31. The first-order chi connectivity index (χ1) is 8.95. The maximum Gasteiger partial charge on any atom is 0.416 e. The van der Waals surface area contributed by atoms with Gasteiger partial charge in [-0.05, 0) is 38.1 Å². The Morgan fingerprint density at radius 2 is 1.95 bits per heavy atom. The van der Waals surface area contributed by atoms with E-state index in [9.17, 15) is 13.2 Å². The summed E-state index contributed by atoms with van der Waals surface area (Å²) in [7, 11) is 0. The van der Waals surface area contributed by atoms with Gasteiger partial charge in [0, 0.05) is 13.1 Å². The summed E-state index contributed by atoms with van der Waals surface area (Å²) in [4.78, 5) is 6.13. The van der Waals surface area contributed by atoms with Crippen LogP contribution in [-0.2, 0) is 6.18 Å². The van der Waals surface area contributed by atoms with E-state index in [1.165, 1.54) is 12.8 Å². The van der Waals surface area contributed by atoms with Gasteiger partial charge in [-0.2, -0.15) is 13.2 Å². The Morgan fingerprint density at radius 1 is 1.26 bits per heavy atom. The molecule has 19 heavy (non-hydrogen) atoms. The molecule has 0 unspecified atom stereocenters. The number of nitrogen functional groups attached to an aromatic ring is 1. The van der Waals surface area contributed by atoms with Crippen LogP contribution in [0.3, 0.4) is 0 Å². The van der Waals surface area contributed by atoms with Gasteiger partial charge in [0.25, 0.3) is 0 Å². The molecule has 1 saturated heterocycles. The fraction of sp³-hybridized carbons (Fsp3) is 0.583. The number of anilines is 2. The van der Waals surface area contributed by atoms with E-state index < -0.39 is 11.7 Å². The predicted molar refractivity (Wildman–Crippen MR) is 67.8 cm³/mol. The molecule has 0 bridgehead atoms. The van der Waals surface area contributed by atoms with Crippen molar-refractivity contribution < 1.29 is 13.2 Å². The minimum Gasteiger partial charge on any atom is -0.384 e. The van der Waals surface area contributed by atoms with E-state index in [0.29, 0.717) is 6.54 Å². The van der Waals surface area contributed by atoms with Crippen molar-refractivity contribution in [3.8, 4) is 0 Å². The van der Waals surface area contributed by atoms with Gasteiger partial charge in [0.05, 0.1) is 5.56 Å². The lowest BCUT2D eigenvalue weighted by Gasteiger charge is -2.16. The summed E-state index contributed by atoms with van der Waals surface area (Å²) in [5, 5.41) is 2.89. The molecule has 2 heterocycles. The van der Waals surface area contributed by atoms with Crippen LogP contribution in [0.4, 0.5) is 24.8 Å². The number of nitrogens with two attached hydrogens (primary N) is 1. The van der Waals surface area contributed by atoms with Gasteiger partial charge in [0.15, 0.2) is 0 Å². The van der Waals surface area contributed by atoms with Crippen LogP contribution < -0.4 is 11.1 Å². The Labute approximate surface area is 109 Å². The normalized spacial score (nSPS) is 16.8. The zero-order valence-electron chi connectivity index (χ0n) is 10.5. The molecule has 0 atom stereocenters. The molecule has 1 aromatic rings. The molecule has 0 amide bonds. The number of aromatic nitrogens is 1. The summed E-state index contributed by atoms with van der Waals surface area (Å²) >= 11 is 0. The topological polar surface area (TPSA) is 54.2 Å². The third-order valence-corrected chi connectivity index (χ3v) is 3.11. The van der Waals surface area contributed by atoms with E-state index in [4.69, 9.17) is 5.73 Å². The summed E-state index contributed by atoms with van der Waals surface area (Å²) in [6.07, 6.45) is -2.02. The number of pyridine rings is 1. The van der Waals surface area contributed by atoms with E-state index in [2.05, 4.69) is 15.2 Å². The number of hydrogen-bond acceptors (Lipinski definition) is 4. The van der Waals surface area contributed by atoms with Gasteiger partial charge < -0.3 is 16.0 Å². The summed E-state index contributed by atoms with van der Waals surface area (Å²) < 4.78 is 37.8. The average Bonchev–Trinajstić information content (AvgIpc) is 2.80. The monoisotopic (exact) mass is 274 g/mol. The van der Waals surface area contributed by atoms with Crippen LogP contribution in [0.5, 0.6) is 0 Å². The largest absolute Gasteiger partial charge is 0.416 e. The Kier molecular flexibility index (Phi) is 4.14. The van der Waals surface area contributed by atoms with E-state index in [0.717, 1.165) is 31.8 Å². The third kappa shape index (κ3) is 3.99. The number of likely N-dealkylation sites (tertiary alicyclic amines) is 1. The summed E-state index contributed by atoms with van der Waals surface area (Å²) in [5.41, 5.74) is 4.61. The number of alkyl halides is 3. The molecule has 7 heteroatoms. The first-order valence-electron chi connectivity index (χ1n) is 6.26. The second kappa shape index (κ2) is 5.64.